The number of nitrogens with one attached hydrogen (secondary N) is 1. The van der Waals surface area contributed by atoms with Gasteiger partial charge in [0.15, 0.2) is 0 Å². The van der Waals surface area contributed by atoms with Gasteiger partial charge in [-0.05, 0) is 54.7 Å². The van der Waals surface area contributed by atoms with Gasteiger partial charge in [0.25, 0.3) is 0 Å². The van der Waals surface area contributed by atoms with Crippen LogP contribution in [0.3, 0.4) is 0 Å². The van der Waals surface area contributed by atoms with E-state index in [4.69, 9.17) is 4.74 Å². The molecule has 1 heterocycles. The van der Waals surface area contributed by atoms with Crippen molar-refractivity contribution < 1.29 is 4.74 Å². The average Bonchev–Trinajstić information content (AvgIpc) is 2.91. The summed E-state index contributed by atoms with van der Waals surface area (Å²) in [6, 6.07) is 15.6. The number of anilines is 1. The van der Waals surface area contributed by atoms with Crippen LogP contribution in [-0.2, 0) is 12.8 Å². The Bertz CT molecular complexity index is 589. The van der Waals surface area contributed by atoms with E-state index in [0.717, 1.165) is 18.6 Å². The van der Waals surface area contributed by atoms with Crippen LogP contribution in [0, 0.1) is 0 Å². The van der Waals surface area contributed by atoms with Crippen molar-refractivity contribution in [3.63, 3.8) is 0 Å². The Morgan fingerprint density at radius 3 is 2.60 bits per heavy atom. The number of rotatable bonds is 4. The predicted molar refractivity (Wildman–Crippen MR) is 83.5 cm³/mol. The maximum atomic E-state index is 5.57. The van der Waals surface area contributed by atoms with E-state index in [1.54, 1.807) is 0 Å². The van der Waals surface area contributed by atoms with Crippen molar-refractivity contribution in [2.24, 2.45) is 0 Å². The van der Waals surface area contributed by atoms with Crippen molar-refractivity contribution in [3.05, 3.63) is 59.2 Å². The third kappa shape index (κ3) is 2.51. The van der Waals surface area contributed by atoms with Crippen LogP contribution in [-0.4, -0.2) is 6.61 Å². The lowest BCUT2D eigenvalue weighted by atomic mass is 10.0. The highest BCUT2D eigenvalue weighted by atomic mass is 16.5. The highest BCUT2D eigenvalue weighted by Crippen LogP contribution is 2.36. The molecule has 20 heavy (non-hydrogen) atoms. The van der Waals surface area contributed by atoms with Gasteiger partial charge in [0.1, 0.15) is 5.75 Å². The van der Waals surface area contributed by atoms with Gasteiger partial charge in [0.2, 0.25) is 0 Å². The summed E-state index contributed by atoms with van der Waals surface area (Å²) in [4.78, 5) is 0. The molecule has 0 radical (unpaired) electrons. The number of ether oxygens (including phenoxy) is 1. The van der Waals surface area contributed by atoms with Crippen molar-refractivity contribution in [1.29, 1.82) is 0 Å². The Hall–Kier alpha value is -1.96. The number of fused-ring (bicyclic) bond motifs is 1. The minimum absolute atomic E-state index is 0.382. The molecule has 104 valence electrons. The van der Waals surface area contributed by atoms with Gasteiger partial charge in [-0.1, -0.05) is 31.2 Å². The van der Waals surface area contributed by atoms with E-state index < -0.39 is 0 Å². The van der Waals surface area contributed by atoms with Crippen molar-refractivity contribution >= 4 is 5.69 Å². The van der Waals surface area contributed by atoms with Crippen LogP contribution in [0.1, 0.15) is 36.6 Å². The molecule has 1 atom stereocenters. The van der Waals surface area contributed by atoms with Gasteiger partial charge in [-0.3, -0.25) is 0 Å². The summed E-state index contributed by atoms with van der Waals surface area (Å²) in [5.41, 5.74) is 5.33. The fraction of sp³-hybridized carbons (Fsp3) is 0.333. The second kappa shape index (κ2) is 5.58. The first-order valence-electron chi connectivity index (χ1n) is 7.41. The van der Waals surface area contributed by atoms with Gasteiger partial charge in [0, 0.05) is 5.69 Å². The largest absolute Gasteiger partial charge is 0.494 e. The SMILES string of the molecule is CCOc1ccc2c(c1)CC(c1ccc(CC)cc1)N2. The molecule has 0 saturated heterocycles. The Morgan fingerprint density at radius 1 is 1.10 bits per heavy atom. The molecule has 0 fully saturated rings. The van der Waals surface area contributed by atoms with Gasteiger partial charge in [-0.15, -0.1) is 0 Å². The Morgan fingerprint density at radius 2 is 1.90 bits per heavy atom. The van der Waals surface area contributed by atoms with E-state index in [0.29, 0.717) is 12.6 Å². The summed E-state index contributed by atoms with van der Waals surface area (Å²) in [7, 11) is 0. The molecule has 0 amide bonds. The van der Waals surface area contributed by atoms with E-state index in [1.165, 1.54) is 22.4 Å². The highest BCUT2D eigenvalue weighted by molar-refractivity contribution is 5.60. The highest BCUT2D eigenvalue weighted by Gasteiger charge is 2.22. The lowest BCUT2D eigenvalue weighted by Gasteiger charge is -2.12. The second-order valence-corrected chi connectivity index (χ2v) is 5.25. The quantitative estimate of drug-likeness (QED) is 0.888. The van der Waals surface area contributed by atoms with Crippen LogP contribution in [0.5, 0.6) is 5.75 Å². The monoisotopic (exact) mass is 267 g/mol. The van der Waals surface area contributed by atoms with Crippen LogP contribution in [0.2, 0.25) is 0 Å². The van der Waals surface area contributed by atoms with Crippen LogP contribution in [0.4, 0.5) is 5.69 Å². The molecule has 0 saturated carbocycles. The lowest BCUT2D eigenvalue weighted by molar-refractivity contribution is 0.340. The second-order valence-electron chi connectivity index (χ2n) is 5.25. The minimum Gasteiger partial charge on any atom is -0.494 e. The number of hydrogen-bond acceptors (Lipinski definition) is 2. The zero-order valence-electron chi connectivity index (χ0n) is 12.1. The molecule has 2 aromatic rings. The maximum Gasteiger partial charge on any atom is 0.119 e. The van der Waals surface area contributed by atoms with Crippen LogP contribution in [0.15, 0.2) is 42.5 Å². The molecule has 2 aromatic carbocycles. The normalized spacial score (nSPS) is 16.6. The van der Waals surface area contributed by atoms with E-state index in [-0.39, 0.29) is 0 Å². The molecular formula is C18H21NO. The third-order valence-corrected chi connectivity index (χ3v) is 3.93. The zero-order valence-corrected chi connectivity index (χ0v) is 12.1. The number of benzene rings is 2. The van der Waals surface area contributed by atoms with Crippen molar-refractivity contribution in [3.8, 4) is 5.75 Å². The molecule has 1 N–H and O–H groups in total. The number of hydrogen-bond donors (Lipinski definition) is 1. The first kappa shape index (κ1) is 13.0. The van der Waals surface area contributed by atoms with Gasteiger partial charge in [-0.25, -0.2) is 0 Å². The zero-order chi connectivity index (χ0) is 13.9. The summed E-state index contributed by atoms with van der Waals surface area (Å²) < 4.78 is 5.57. The molecule has 0 bridgehead atoms. The van der Waals surface area contributed by atoms with Gasteiger partial charge in [0.05, 0.1) is 12.6 Å². The van der Waals surface area contributed by atoms with E-state index in [2.05, 4.69) is 48.6 Å². The third-order valence-electron chi connectivity index (χ3n) is 3.93. The first-order chi connectivity index (χ1) is 9.80. The summed E-state index contributed by atoms with van der Waals surface area (Å²) in [5, 5.41) is 3.60. The molecule has 1 aliphatic heterocycles. The van der Waals surface area contributed by atoms with Gasteiger partial charge >= 0.3 is 0 Å². The maximum absolute atomic E-state index is 5.57. The average molecular weight is 267 g/mol. The smallest absolute Gasteiger partial charge is 0.119 e. The summed E-state index contributed by atoms with van der Waals surface area (Å²) in [6.07, 6.45) is 2.12. The van der Waals surface area contributed by atoms with E-state index in [9.17, 15) is 0 Å². The van der Waals surface area contributed by atoms with Crippen LogP contribution < -0.4 is 10.1 Å². The summed E-state index contributed by atoms with van der Waals surface area (Å²) >= 11 is 0. The van der Waals surface area contributed by atoms with Gasteiger partial charge in [-0.2, -0.15) is 0 Å². The molecular weight excluding hydrogens is 246 g/mol. The standard InChI is InChI=1S/C18H21NO/c1-3-13-5-7-14(8-6-13)18-12-15-11-16(20-4-2)9-10-17(15)19-18/h5-11,18-19H,3-4,12H2,1-2H3. The number of aryl methyl sites for hydroxylation is 1. The molecule has 2 heteroatoms. The van der Waals surface area contributed by atoms with E-state index >= 15 is 0 Å². The molecule has 0 spiro atoms. The summed E-state index contributed by atoms with van der Waals surface area (Å²) in [5.74, 6) is 0.968. The molecule has 1 aliphatic rings. The minimum atomic E-state index is 0.382. The fourth-order valence-electron chi connectivity index (χ4n) is 2.78. The first-order valence-corrected chi connectivity index (χ1v) is 7.41. The summed E-state index contributed by atoms with van der Waals surface area (Å²) in [6.45, 7) is 4.92. The predicted octanol–water partition coefficient (Wildman–Crippen LogP) is 4.36. The lowest BCUT2D eigenvalue weighted by Crippen LogP contribution is -2.05. The Balaban J connectivity index is 1.78. The fourth-order valence-corrected chi connectivity index (χ4v) is 2.78. The van der Waals surface area contributed by atoms with Gasteiger partial charge < -0.3 is 10.1 Å². The van der Waals surface area contributed by atoms with Crippen molar-refractivity contribution in [2.45, 2.75) is 32.7 Å². The van der Waals surface area contributed by atoms with E-state index in [1.807, 2.05) is 13.0 Å². The van der Waals surface area contributed by atoms with Crippen LogP contribution >= 0.6 is 0 Å². The molecule has 1 unspecified atom stereocenters. The molecule has 2 nitrogen and oxygen atoms in total. The van der Waals surface area contributed by atoms with Crippen LogP contribution in [0.25, 0.3) is 0 Å². The van der Waals surface area contributed by atoms with Crippen molar-refractivity contribution in [1.82, 2.24) is 0 Å². The Labute approximate surface area is 120 Å². The molecule has 0 aromatic heterocycles. The Kier molecular flexibility index (Phi) is 3.64. The molecule has 0 aliphatic carbocycles. The molecule has 3 rings (SSSR count). The topological polar surface area (TPSA) is 21.3 Å². The van der Waals surface area contributed by atoms with Crippen molar-refractivity contribution in [2.75, 3.05) is 11.9 Å².